The summed E-state index contributed by atoms with van der Waals surface area (Å²) in [4.78, 5) is 12.1. The largest absolute Gasteiger partial charge is 0.493 e. The fraction of sp³-hybridized carbons (Fsp3) is 0.188. The van der Waals surface area contributed by atoms with Gasteiger partial charge in [-0.05, 0) is 36.8 Å². The highest BCUT2D eigenvalue weighted by Gasteiger charge is 2.10. The van der Waals surface area contributed by atoms with Crippen LogP contribution in [-0.2, 0) is 0 Å². The first-order valence-electron chi connectivity index (χ1n) is 6.16. The maximum atomic E-state index is 12.1. The Labute approximate surface area is 126 Å². The normalized spacial score (nSPS) is 10.2. The highest BCUT2D eigenvalue weighted by molar-refractivity contribution is 9.10. The maximum Gasteiger partial charge on any atom is 0.200 e. The molecule has 3 nitrogen and oxygen atoms in total. The summed E-state index contributed by atoms with van der Waals surface area (Å²) in [5.41, 5.74) is 1.69. The van der Waals surface area contributed by atoms with Gasteiger partial charge in [-0.25, -0.2) is 0 Å². The summed E-state index contributed by atoms with van der Waals surface area (Å²) < 4.78 is 11.7. The zero-order valence-electron chi connectivity index (χ0n) is 11.4. The molecule has 0 saturated heterocycles. The lowest BCUT2D eigenvalue weighted by molar-refractivity contribution is 0.0919. The number of ketones is 1. The summed E-state index contributed by atoms with van der Waals surface area (Å²) >= 11 is 3.34. The molecule has 0 amide bonds. The maximum absolute atomic E-state index is 12.1. The number of Topliss-reactive ketones (excluding diaryl/α,β-unsaturated/α-hetero) is 1. The fourth-order valence-electron chi connectivity index (χ4n) is 1.78. The second-order valence-corrected chi connectivity index (χ2v) is 5.29. The van der Waals surface area contributed by atoms with Crippen molar-refractivity contribution in [3.8, 4) is 11.5 Å². The van der Waals surface area contributed by atoms with Gasteiger partial charge >= 0.3 is 0 Å². The fourth-order valence-corrected chi connectivity index (χ4v) is 2.18. The van der Waals surface area contributed by atoms with Crippen LogP contribution < -0.4 is 9.47 Å². The summed E-state index contributed by atoms with van der Waals surface area (Å²) in [6.45, 7) is 1.95. The van der Waals surface area contributed by atoms with Gasteiger partial charge in [-0.2, -0.15) is 0 Å². The van der Waals surface area contributed by atoms with E-state index in [-0.39, 0.29) is 12.4 Å². The molecule has 4 heteroatoms. The molecule has 0 N–H and O–H groups in total. The molecular weight excluding hydrogens is 320 g/mol. The van der Waals surface area contributed by atoms with Gasteiger partial charge in [0, 0.05) is 10.0 Å². The second kappa shape index (κ2) is 6.57. The zero-order valence-corrected chi connectivity index (χ0v) is 12.9. The van der Waals surface area contributed by atoms with Crippen LogP contribution in [0.5, 0.6) is 11.5 Å². The summed E-state index contributed by atoms with van der Waals surface area (Å²) in [6, 6.07) is 12.8. The zero-order chi connectivity index (χ0) is 14.5. The van der Waals surface area contributed by atoms with E-state index in [2.05, 4.69) is 15.9 Å². The summed E-state index contributed by atoms with van der Waals surface area (Å²) in [7, 11) is 1.58. The molecule has 0 aromatic heterocycles. The summed E-state index contributed by atoms with van der Waals surface area (Å²) in [5, 5.41) is 0. The molecule has 104 valence electrons. The van der Waals surface area contributed by atoms with Crippen LogP contribution >= 0.6 is 15.9 Å². The number of halogens is 1. The number of benzene rings is 2. The molecule has 0 heterocycles. The molecule has 0 fully saturated rings. The van der Waals surface area contributed by atoms with E-state index in [1.807, 2.05) is 37.3 Å². The molecule has 0 radical (unpaired) electrons. The number of ether oxygens (including phenoxy) is 2. The van der Waals surface area contributed by atoms with Crippen molar-refractivity contribution in [3.05, 3.63) is 58.1 Å². The van der Waals surface area contributed by atoms with E-state index in [0.717, 1.165) is 10.0 Å². The number of methoxy groups -OCH3 is 1. The molecule has 2 rings (SSSR count). The Morgan fingerprint density at radius 2 is 1.95 bits per heavy atom. The van der Waals surface area contributed by atoms with Gasteiger partial charge in [0.15, 0.2) is 23.9 Å². The van der Waals surface area contributed by atoms with Gasteiger partial charge in [0.2, 0.25) is 0 Å². The monoisotopic (exact) mass is 334 g/mol. The smallest absolute Gasteiger partial charge is 0.200 e. The van der Waals surface area contributed by atoms with Gasteiger partial charge < -0.3 is 9.47 Å². The summed E-state index contributed by atoms with van der Waals surface area (Å²) in [5.74, 6) is 1.13. The van der Waals surface area contributed by atoms with E-state index >= 15 is 0 Å². The van der Waals surface area contributed by atoms with Crippen molar-refractivity contribution in [1.29, 1.82) is 0 Å². The first kappa shape index (κ1) is 14.6. The lowest BCUT2D eigenvalue weighted by Gasteiger charge is -2.10. The quantitative estimate of drug-likeness (QED) is 0.774. The molecule has 0 aliphatic carbocycles. The van der Waals surface area contributed by atoms with Gasteiger partial charge in [-0.3, -0.25) is 4.79 Å². The molecule has 0 aliphatic rings. The Bertz CT molecular complexity index is 623. The van der Waals surface area contributed by atoms with Crippen LogP contribution in [0, 0.1) is 6.92 Å². The number of rotatable bonds is 5. The number of hydrogen-bond acceptors (Lipinski definition) is 3. The van der Waals surface area contributed by atoms with Crippen molar-refractivity contribution in [2.24, 2.45) is 0 Å². The standard InChI is InChI=1S/C16H15BrO3/c1-11-6-7-15(16(8-11)19-2)20-10-14(18)12-4-3-5-13(17)9-12/h3-9H,10H2,1-2H3. The van der Waals surface area contributed by atoms with Gasteiger partial charge in [0.05, 0.1) is 7.11 Å². The molecule has 0 aliphatic heterocycles. The van der Waals surface area contributed by atoms with Gasteiger partial charge in [-0.1, -0.05) is 34.1 Å². The van der Waals surface area contributed by atoms with E-state index < -0.39 is 0 Å². The molecule has 0 unspecified atom stereocenters. The van der Waals surface area contributed by atoms with E-state index in [4.69, 9.17) is 9.47 Å². The highest BCUT2D eigenvalue weighted by atomic mass is 79.9. The predicted octanol–water partition coefficient (Wildman–Crippen LogP) is 4.03. The van der Waals surface area contributed by atoms with Crippen LogP contribution in [0.1, 0.15) is 15.9 Å². The van der Waals surface area contributed by atoms with Gasteiger partial charge in [-0.15, -0.1) is 0 Å². The number of aryl methyl sites for hydroxylation is 1. The van der Waals surface area contributed by atoms with Crippen LogP contribution in [0.15, 0.2) is 46.9 Å². The number of hydrogen-bond donors (Lipinski definition) is 0. The average molecular weight is 335 g/mol. The van der Waals surface area contributed by atoms with Crippen LogP contribution in [0.4, 0.5) is 0 Å². The van der Waals surface area contributed by atoms with Crippen molar-refractivity contribution in [2.75, 3.05) is 13.7 Å². The van der Waals surface area contributed by atoms with E-state index in [0.29, 0.717) is 17.1 Å². The molecule has 2 aromatic carbocycles. The third kappa shape index (κ3) is 3.61. The minimum absolute atomic E-state index is 0.0180. The Balaban J connectivity index is 2.07. The van der Waals surface area contributed by atoms with E-state index in [9.17, 15) is 4.79 Å². The lowest BCUT2D eigenvalue weighted by atomic mass is 10.1. The third-order valence-electron chi connectivity index (χ3n) is 2.82. The van der Waals surface area contributed by atoms with Crippen molar-refractivity contribution in [1.82, 2.24) is 0 Å². The molecule has 2 aromatic rings. The number of carbonyl (C=O) groups excluding carboxylic acids is 1. The minimum Gasteiger partial charge on any atom is -0.493 e. The highest BCUT2D eigenvalue weighted by Crippen LogP contribution is 2.27. The lowest BCUT2D eigenvalue weighted by Crippen LogP contribution is -2.12. The van der Waals surface area contributed by atoms with Crippen LogP contribution in [0.3, 0.4) is 0 Å². The molecule has 0 bridgehead atoms. The Hall–Kier alpha value is -1.81. The predicted molar refractivity (Wildman–Crippen MR) is 81.7 cm³/mol. The second-order valence-electron chi connectivity index (χ2n) is 4.38. The molecule has 0 saturated carbocycles. The topological polar surface area (TPSA) is 35.5 Å². The molecule has 20 heavy (non-hydrogen) atoms. The average Bonchev–Trinajstić information content (AvgIpc) is 2.45. The first-order chi connectivity index (χ1) is 9.60. The van der Waals surface area contributed by atoms with Crippen molar-refractivity contribution >= 4 is 21.7 Å². The molecular formula is C16H15BrO3. The van der Waals surface area contributed by atoms with Gasteiger partial charge in [0.25, 0.3) is 0 Å². The number of carbonyl (C=O) groups is 1. The van der Waals surface area contributed by atoms with Crippen LogP contribution in [-0.4, -0.2) is 19.5 Å². The van der Waals surface area contributed by atoms with Crippen molar-refractivity contribution in [3.63, 3.8) is 0 Å². The van der Waals surface area contributed by atoms with Gasteiger partial charge in [0.1, 0.15) is 0 Å². The van der Waals surface area contributed by atoms with E-state index in [1.165, 1.54) is 0 Å². The third-order valence-corrected chi connectivity index (χ3v) is 3.32. The minimum atomic E-state index is -0.0751. The SMILES string of the molecule is COc1cc(C)ccc1OCC(=O)c1cccc(Br)c1. The van der Waals surface area contributed by atoms with Crippen molar-refractivity contribution < 1.29 is 14.3 Å². The van der Waals surface area contributed by atoms with E-state index in [1.54, 1.807) is 19.2 Å². The Kier molecular flexibility index (Phi) is 4.79. The van der Waals surface area contributed by atoms with Crippen LogP contribution in [0.25, 0.3) is 0 Å². The molecule has 0 spiro atoms. The summed E-state index contributed by atoms with van der Waals surface area (Å²) in [6.07, 6.45) is 0. The van der Waals surface area contributed by atoms with Crippen molar-refractivity contribution in [2.45, 2.75) is 6.92 Å². The molecule has 0 atom stereocenters. The Morgan fingerprint density at radius 3 is 2.65 bits per heavy atom. The Morgan fingerprint density at radius 1 is 1.15 bits per heavy atom. The van der Waals surface area contributed by atoms with Crippen LogP contribution in [0.2, 0.25) is 0 Å². The first-order valence-corrected chi connectivity index (χ1v) is 6.95.